The highest BCUT2D eigenvalue weighted by Gasteiger charge is 2.38. The predicted molar refractivity (Wildman–Crippen MR) is 72.1 cm³/mol. The average Bonchev–Trinajstić information content (AvgIpc) is 2.68. The van der Waals surface area contributed by atoms with Crippen molar-refractivity contribution in [3.63, 3.8) is 0 Å². The lowest BCUT2D eigenvalue weighted by atomic mass is 9.81. The number of hydrogen-bond donors (Lipinski definition) is 2. The second-order valence-electron chi connectivity index (χ2n) is 5.14. The molecule has 0 radical (unpaired) electrons. The van der Waals surface area contributed by atoms with Crippen LogP contribution in [0, 0.1) is 16.7 Å². The number of carbonyl (C=O) groups excluding carboxylic acids is 2. The van der Waals surface area contributed by atoms with E-state index in [-0.39, 0.29) is 18.4 Å². The zero-order valence-electron chi connectivity index (χ0n) is 11.6. The molecule has 5 heteroatoms. The molecular formula is C14H23N3O2. The molecule has 5 nitrogen and oxygen atoms in total. The van der Waals surface area contributed by atoms with Crippen molar-refractivity contribution in [1.82, 2.24) is 10.6 Å². The molecule has 0 aromatic carbocycles. The lowest BCUT2D eigenvalue weighted by Crippen LogP contribution is -2.44. The topological polar surface area (TPSA) is 82.0 Å². The summed E-state index contributed by atoms with van der Waals surface area (Å²) in [5.41, 5.74) is -0.929. The van der Waals surface area contributed by atoms with E-state index >= 15 is 0 Å². The molecule has 0 aromatic rings. The summed E-state index contributed by atoms with van der Waals surface area (Å²) in [6, 6.07) is 2.18. The van der Waals surface area contributed by atoms with E-state index in [0.717, 1.165) is 32.1 Å². The second-order valence-corrected chi connectivity index (χ2v) is 5.14. The van der Waals surface area contributed by atoms with Crippen LogP contribution in [-0.2, 0) is 9.59 Å². The van der Waals surface area contributed by atoms with Crippen molar-refractivity contribution in [1.29, 1.82) is 5.26 Å². The fraction of sp³-hybridized carbons (Fsp3) is 0.786. The van der Waals surface area contributed by atoms with Gasteiger partial charge in [0.2, 0.25) is 11.8 Å². The number of hydrogen-bond acceptors (Lipinski definition) is 3. The molecule has 19 heavy (non-hydrogen) atoms. The van der Waals surface area contributed by atoms with Crippen LogP contribution in [0.1, 0.15) is 51.9 Å². The van der Waals surface area contributed by atoms with Crippen molar-refractivity contribution >= 4 is 11.8 Å². The molecule has 1 saturated carbocycles. The van der Waals surface area contributed by atoms with E-state index in [1.807, 2.05) is 6.92 Å². The molecule has 2 N–H and O–H groups in total. The highest BCUT2D eigenvalue weighted by Crippen LogP contribution is 2.34. The van der Waals surface area contributed by atoms with Crippen LogP contribution in [0.4, 0.5) is 0 Å². The summed E-state index contributed by atoms with van der Waals surface area (Å²) in [6.07, 6.45) is 6.03. The summed E-state index contributed by atoms with van der Waals surface area (Å²) in [7, 11) is 0. The van der Waals surface area contributed by atoms with Crippen LogP contribution in [0.3, 0.4) is 0 Å². The Balaban J connectivity index is 2.50. The number of amides is 2. The highest BCUT2D eigenvalue weighted by atomic mass is 16.2. The molecule has 2 amide bonds. The minimum Gasteiger partial charge on any atom is -0.355 e. The van der Waals surface area contributed by atoms with Gasteiger partial charge in [-0.1, -0.05) is 32.6 Å². The van der Waals surface area contributed by atoms with Crippen LogP contribution in [0.15, 0.2) is 0 Å². The van der Waals surface area contributed by atoms with Crippen LogP contribution in [0.25, 0.3) is 0 Å². The van der Waals surface area contributed by atoms with E-state index < -0.39 is 5.41 Å². The quantitative estimate of drug-likeness (QED) is 0.739. The summed E-state index contributed by atoms with van der Waals surface area (Å²) in [4.78, 5) is 23.6. The fourth-order valence-corrected chi connectivity index (χ4v) is 2.38. The first-order valence-electron chi connectivity index (χ1n) is 7.11. The first kappa shape index (κ1) is 15.5. The Morgan fingerprint density at radius 1 is 1.16 bits per heavy atom. The van der Waals surface area contributed by atoms with Crippen molar-refractivity contribution in [2.24, 2.45) is 5.41 Å². The zero-order chi connectivity index (χ0) is 14.1. The van der Waals surface area contributed by atoms with Crippen molar-refractivity contribution in [3.05, 3.63) is 0 Å². The van der Waals surface area contributed by atoms with Crippen LogP contribution in [-0.4, -0.2) is 24.9 Å². The lowest BCUT2D eigenvalue weighted by Gasteiger charge is -2.23. The Kier molecular flexibility index (Phi) is 6.34. The van der Waals surface area contributed by atoms with E-state index in [4.69, 9.17) is 0 Å². The third-order valence-electron chi connectivity index (χ3n) is 3.59. The van der Waals surface area contributed by atoms with Gasteiger partial charge in [0.25, 0.3) is 0 Å². The fourth-order valence-electron chi connectivity index (χ4n) is 2.38. The minimum atomic E-state index is -0.929. The van der Waals surface area contributed by atoms with Gasteiger partial charge in [0.1, 0.15) is 5.41 Å². The summed E-state index contributed by atoms with van der Waals surface area (Å²) in [5.74, 6) is -0.486. The van der Waals surface area contributed by atoms with E-state index in [2.05, 4.69) is 16.7 Å². The first-order valence-corrected chi connectivity index (χ1v) is 7.11. The van der Waals surface area contributed by atoms with E-state index in [0.29, 0.717) is 19.4 Å². The SMILES string of the molecule is CCCNC(=O)CNC(=O)C1(C#N)CCCCCC1. The molecule has 0 spiro atoms. The average molecular weight is 265 g/mol. The van der Waals surface area contributed by atoms with E-state index in [9.17, 15) is 14.9 Å². The Labute approximate surface area is 114 Å². The number of nitrogens with zero attached hydrogens (tertiary/aromatic N) is 1. The number of nitrogens with one attached hydrogen (secondary N) is 2. The molecule has 0 bridgehead atoms. The molecule has 1 aliphatic rings. The molecule has 106 valence electrons. The van der Waals surface area contributed by atoms with Gasteiger partial charge in [-0.05, 0) is 19.3 Å². The van der Waals surface area contributed by atoms with Gasteiger partial charge in [-0.2, -0.15) is 5.26 Å². The van der Waals surface area contributed by atoms with Gasteiger partial charge in [0.15, 0.2) is 0 Å². The Morgan fingerprint density at radius 3 is 2.32 bits per heavy atom. The molecule has 0 atom stereocenters. The standard InChI is InChI=1S/C14H23N3O2/c1-2-9-16-12(18)10-17-13(19)14(11-15)7-5-3-4-6-8-14/h2-10H2,1H3,(H,16,18)(H,17,19). The highest BCUT2D eigenvalue weighted by molar-refractivity contribution is 5.89. The van der Waals surface area contributed by atoms with Gasteiger partial charge >= 0.3 is 0 Å². The number of rotatable bonds is 5. The van der Waals surface area contributed by atoms with Crippen molar-refractivity contribution in [2.45, 2.75) is 51.9 Å². The van der Waals surface area contributed by atoms with Crippen LogP contribution >= 0.6 is 0 Å². The number of nitriles is 1. The predicted octanol–water partition coefficient (Wildman–Crippen LogP) is 1.49. The van der Waals surface area contributed by atoms with Crippen LogP contribution in [0.5, 0.6) is 0 Å². The molecule has 0 aliphatic heterocycles. The van der Waals surface area contributed by atoms with Crippen LogP contribution < -0.4 is 10.6 Å². The molecule has 0 aromatic heterocycles. The Bertz CT molecular complexity index is 352. The molecule has 0 heterocycles. The molecule has 1 fully saturated rings. The Morgan fingerprint density at radius 2 is 1.79 bits per heavy atom. The van der Waals surface area contributed by atoms with Gasteiger partial charge in [0, 0.05) is 6.54 Å². The van der Waals surface area contributed by atoms with E-state index in [1.54, 1.807) is 0 Å². The normalized spacial score (nSPS) is 17.9. The van der Waals surface area contributed by atoms with Crippen molar-refractivity contribution in [2.75, 3.05) is 13.1 Å². The van der Waals surface area contributed by atoms with Crippen LogP contribution in [0.2, 0.25) is 0 Å². The van der Waals surface area contributed by atoms with Crippen molar-refractivity contribution < 1.29 is 9.59 Å². The third kappa shape index (κ3) is 4.55. The zero-order valence-corrected chi connectivity index (χ0v) is 11.6. The number of carbonyl (C=O) groups is 2. The lowest BCUT2D eigenvalue weighted by molar-refractivity contribution is -0.131. The molecule has 1 rings (SSSR count). The Hall–Kier alpha value is -1.57. The molecule has 0 unspecified atom stereocenters. The second kappa shape index (κ2) is 7.78. The maximum absolute atomic E-state index is 12.2. The van der Waals surface area contributed by atoms with E-state index in [1.165, 1.54) is 0 Å². The van der Waals surface area contributed by atoms with Gasteiger partial charge in [-0.25, -0.2) is 0 Å². The molecule has 1 aliphatic carbocycles. The molecular weight excluding hydrogens is 242 g/mol. The summed E-state index contributed by atoms with van der Waals surface area (Å²) >= 11 is 0. The van der Waals surface area contributed by atoms with Gasteiger partial charge in [0.05, 0.1) is 12.6 Å². The van der Waals surface area contributed by atoms with Gasteiger partial charge in [-0.3, -0.25) is 9.59 Å². The van der Waals surface area contributed by atoms with Crippen molar-refractivity contribution in [3.8, 4) is 6.07 Å². The smallest absolute Gasteiger partial charge is 0.240 e. The third-order valence-corrected chi connectivity index (χ3v) is 3.59. The monoisotopic (exact) mass is 265 g/mol. The summed E-state index contributed by atoms with van der Waals surface area (Å²) in [6.45, 7) is 2.54. The minimum absolute atomic E-state index is 0.0394. The largest absolute Gasteiger partial charge is 0.355 e. The maximum atomic E-state index is 12.2. The summed E-state index contributed by atoms with van der Waals surface area (Å²) < 4.78 is 0. The summed E-state index contributed by atoms with van der Waals surface area (Å²) in [5, 5.41) is 14.6. The molecule has 0 saturated heterocycles. The van der Waals surface area contributed by atoms with Gasteiger partial charge < -0.3 is 10.6 Å². The van der Waals surface area contributed by atoms with Gasteiger partial charge in [-0.15, -0.1) is 0 Å². The first-order chi connectivity index (χ1) is 9.14. The maximum Gasteiger partial charge on any atom is 0.240 e.